The Kier molecular flexibility index (Phi) is 1.19. The van der Waals surface area contributed by atoms with Crippen LogP contribution in [0.5, 0.6) is 0 Å². The van der Waals surface area contributed by atoms with E-state index in [1.165, 1.54) is 6.42 Å². The van der Waals surface area contributed by atoms with E-state index < -0.39 is 0 Å². The molecule has 0 aromatic rings. The van der Waals surface area contributed by atoms with Crippen molar-refractivity contribution in [2.24, 2.45) is 11.8 Å². The van der Waals surface area contributed by atoms with Crippen LogP contribution in [0.4, 0.5) is 0 Å². The number of carbonyl (C=O) groups excluding carboxylic acids is 1. The van der Waals surface area contributed by atoms with Crippen LogP contribution < -0.4 is 0 Å². The highest BCUT2D eigenvalue weighted by atomic mass is 79.9. The highest BCUT2D eigenvalue weighted by Crippen LogP contribution is 2.45. The first-order valence-electron chi connectivity index (χ1n) is 3.47. The van der Waals surface area contributed by atoms with E-state index in [0.29, 0.717) is 17.6 Å². The molecule has 2 aliphatic carbocycles. The van der Waals surface area contributed by atoms with Gasteiger partial charge < -0.3 is 0 Å². The van der Waals surface area contributed by atoms with Crippen molar-refractivity contribution in [3.8, 4) is 0 Å². The average molecular weight is 189 g/mol. The third-order valence-corrected chi connectivity index (χ3v) is 3.76. The summed E-state index contributed by atoms with van der Waals surface area (Å²) in [4.78, 5) is 11.3. The third kappa shape index (κ3) is 0.689. The van der Waals surface area contributed by atoms with Gasteiger partial charge in [0.25, 0.3) is 0 Å². The average Bonchev–Trinajstić information content (AvgIpc) is 2.37. The van der Waals surface area contributed by atoms with E-state index in [-0.39, 0.29) is 4.83 Å². The Morgan fingerprint density at radius 3 is 2.56 bits per heavy atom. The summed E-state index contributed by atoms with van der Waals surface area (Å²) in [6.07, 6.45) is 3.59. The van der Waals surface area contributed by atoms with Gasteiger partial charge in [0, 0.05) is 5.92 Å². The van der Waals surface area contributed by atoms with E-state index in [2.05, 4.69) is 15.9 Å². The molecule has 0 amide bonds. The van der Waals surface area contributed by atoms with Crippen LogP contribution in [0.15, 0.2) is 0 Å². The molecule has 0 aromatic heterocycles. The van der Waals surface area contributed by atoms with Gasteiger partial charge in [-0.1, -0.05) is 15.9 Å². The minimum Gasteiger partial charge on any atom is -0.298 e. The standard InChI is InChI=1S/C7H9BrO/c8-6-4-1-2-5(3-4)7(6)9/h4-6H,1-3H2/t4-,5-,6+/m1/s1. The normalized spacial score (nSPS) is 48.6. The molecule has 0 heterocycles. The van der Waals surface area contributed by atoms with Gasteiger partial charge in [0.1, 0.15) is 5.78 Å². The van der Waals surface area contributed by atoms with Crippen LogP contribution in [-0.4, -0.2) is 10.6 Å². The SMILES string of the molecule is O=C1[C@@H]2CC[C@H](C2)[C@@H]1Br. The fourth-order valence-corrected chi connectivity index (χ4v) is 2.85. The summed E-state index contributed by atoms with van der Waals surface area (Å²) in [6, 6.07) is 0. The zero-order valence-electron chi connectivity index (χ0n) is 5.14. The number of alkyl halides is 1. The van der Waals surface area contributed by atoms with Gasteiger partial charge in [0.05, 0.1) is 4.83 Å². The van der Waals surface area contributed by atoms with E-state index in [0.717, 1.165) is 12.8 Å². The summed E-state index contributed by atoms with van der Waals surface area (Å²) in [5.74, 6) is 1.58. The molecule has 0 saturated heterocycles. The third-order valence-electron chi connectivity index (χ3n) is 2.56. The number of rotatable bonds is 0. The maximum Gasteiger partial charge on any atom is 0.149 e. The van der Waals surface area contributed by atoms with Crippen LogP contribution >= 0.6 is 15.9 Å². The highest BCUT2D eigenvalue weighted by molar-refractivity contribution is 9.10. The number of hydrogen-bond acceptors (Lipinski definition) is 1. The highest BCUT2D eigenvalue weighted by Gasteiger charge is 2.45. The van der Waals surface area contributed by atoms with Crippen molar-refractivity contribution in [3.63, 3.8) is 0 Å². The van der Waals surface area contributed by atoms with Crippen molar-refractivity contribution < 1.29 is 4.79 Å². The molecule has 3 atom stereocenters. The van der Waals surface area contributed by atoms with Crippen LogP contribution in [-0.2, 0) is 4.79 Å². The largest absolute Gasteiger partial charge is 0.298 e. The van der Waals surface area contributed by atoms with Crippen LogP contribution in [0.2, 0.25) is 0 Å². The van der Waals surface area contributed by atoms with Crippen molar-refractivity contribution >= 4 is 21.7 Å². The maximum atomic E-state index is 11.1. The number of Topliss-reactive ketones (excluding diaryl/α,β-unsaturated/α-hetero) is 1. The molecule has 0 aromatic carbocycles. The molecular formula is C7H9BrO. The minimum atomic E-state index is 0.219. The number of fused-ring (bicyclic) bond motifs is 2. The Morgan fingerprint density at radius 2 is 2.22 bits per heavy atom. The number of hydrogen-bond donors (Lipinski definition) is 0. The fraction of sp³-hybridized carbons (Fsp3) is 0.857. The molecule has 2 bridgehead atoms. The van der Waals surface area contributed by atoms with Crippen LogP contribution in [0.1, 0.15) is 19.3 Å². The molecule has 2 aliphatic rings. The first-order valence-corrected chi connectivity index (χ1v) is 4.38. The lowest BCUT2D eigenvalue weighted by atomic mass is 10.00. The zero-order valence-corrected chi connectivity index (χ0v) is 6.73. The van der Waals surface area contributed by atoms with Crippen molar-refractivity contribution in [1.82, 2.24) is 0 Å². The molecule has 2 heteroatoms. The summed E-state index contributed by atoms with van der Waals surface area (Å²) in [5, 5.41) is 0. The molecular weight excluding hydrogens is 180 g/mol. The molecule has 9 heavy (non-hydrogen) atoms. The van der Waals surface area contributed by atoms with Crippen LogP contribution in [0.25, 0.3) is 0 Å². The second-order valence-corrected chi connectivity index (χ2v) is 4.06. The van der Waals surface area contributed by atoms with Crippen molar-refractivity contribution in [2.45, 2.75) is 24.1 Å². The number of carbonyl (C=O) groups is 1. The molecule has 2 rings (SSSR count). The van der Waals surface area contributed by atoms with Gasteiger partial charge in [-0.05, 0) is 25.2 Å². The van der Waals surface area contributed by atoms with E-state index in [1.54, 1.807) is 0 Å². The number of halogens is 1. The van der Waals surface area contributed by atoms with E-state index in [1.807, 2.05) is 0 Å². The van der Waals surface area contributed by atoms with Gasteiger partial charge in [-0.15, -0.1) is 0 Å². The van der Waals surface area contributed by atoms with Gasteiger partial charge in [-0.25, -0.2) is 0 Å². The minimum absolute atomic E-state index is 0.219. The van der Waals surface area contributed by atoms with Crippen molar-refractivity contribution in [3.05, 3.63) is 0 Å². The maximum absolute atomic E-state index is 11.1. The van der Waals surface area contributed by atoms with Gasteiger partial charge in [0.2, 0.25) is 0 Å². The Morgan fingerprint density at radius 1 is 1.44 bits per heavy atom. The predicted octanol–water partition coefficient (Wildman–Crippen LogP) is 1.75. The van der Waals surface area contributed by atoms with E-state index >= 15 is 0 Å². The van der Waals surface area contributed by atoms with Gasteiger partial charge in [-0.3, -0.25) is 4.79 Å². The van der Waals surface area contributed by atoms with Gasteiger partial charge in [0.15, 0.2) is 0 Å². The number of ketones is 1. The van der Waals surface area contributed by atoms with Gasteiger partial charge >= 0.3 is 0 Å². The molecule has 0 spiro atoms. The molecule has 0 N–H and O–H groups in total. The quantitative estimate of drug-likeness (QED) is 0.530. The molecule has 2 fully saturated rings. The molecule has 2 saturated carbocycles. The second kappa shape index (κ2) is 1.82. The molecule has 0 aliphatic heterocycles. The summed E-state index contributed by atoms with van der Waals surface area (Å²) >= 11 is 3.41. The lowest BCUT2D eigenvalue weighted by Crippen LogP contribution is -2.21. The summed E-state index contributed by atoms with van der Waals surface area (Å²) < 4.78 is 0. The first-order chi connectivity index (χ1) is 4.29. The summed E-state index contributed by atoms with van der Waals surface area (Å²) in [5.41, 5.74) is 0. The predicted molar refractivity (Wildman–Crippen MR) is 38.6 cm³/mol. The second-order valence-electron chi connectivity index (χ2n) is 3.07. The topological polar surface area (TPSA) is 17.1 Å². The molecule has 50 valence electrons. The summed E-state index contributed by atoms with van der Waals surface area (Å²) in [7, 11) is 0. The molecule has 0 radical (unpaired) electrons. The molecule has 1 nitrogen and oxygen atoms in total. The van der Waals surface area contributed by atoms with Crippen molar-refractivity contribution in [1.29, 1.82) is 0 Å². The lowest BCUT2D eigenvalue weighted by Gasteiger charge is -2.12. The lowest BCUT2D eigenvalue weighted by molar-refractivity contribution is -0.121. The van der Waals surface area contributed by atoms with E-state index in [9.17, 15) is 4.79 Å². The molecule has 0 unspecified atom stereocenters. The Balaban J connectivity index is 2.25. The van der Waals surface area contributed by atoms with Crippen LogP contribution in [0, 0.1) is 11.8 Å². The Labute approximate surface area is 62.9 Å². The monoisotopic (exact) mass is 188 g/mol. The summed E-state index contributed by atoms with van der Waals surface area (Å²) in [6.45, 7) is 0. The van der Waals surface area contributed by atoms with Crippen molar-refractivity contribution in [2.75, 3.05) is 0 Å². The Bertz CT molecular complexity index is 151. The van der Waals surface area contributed by atoms with Gasteiger partial charge in [-0.2, -0.15) is 0 Å². The smallest absolute Gasteiger partial charge is 0.149 e. The Hall–Kier alpha value is 0.150. The zero-order chi connectivity index (χ0) is 6.43. The van der Waals surface area contributed by atoms with E-state index in [4.69, 9.17) is 0 Å². The fourth-order valence-electron chi connectivity index (χ4n) is 2.00. The first kappa shape index (κ1) is 5.90. The van der Waals surface area contributed by atoms with Crippen LogP contribution in [0.3, 0.4) is 0 Å².